The van der Waals surface area contributed by atoms with E-state index in [2.05, 4.69) is 0 Å². The molecule has 1 amide bonds. The lowest BCUT2D eigenvalue weighted by molar-refractivity contribution is 0.0267. The van der Waals surface area contributed by atoms with Crippen LogP contribution in [0.1, 0.15) is 20.8 Å². The summed E-state index contributed by atoms with van der Waals surface area (Å²) < 4.78 is 5.31. The summed E-state index contributed by atoms with van der Waals surface area (Å²) >= 11 is 5.80. The van der Waals surface area contributed by atoms with Gasteiger partial charge in [-0.05, 0) is 38.5 Å². The monoisotopic (exact) mass is 231 g/mol. The van der Waals surface area contributed by atoms with Gasteiger partial charge in [0, 0.05) is 19.0 Å². The average Bonchev–Trinajstić information content (AvgIpc) is 2.54. The first-order chi connectivity index (χ1) is 6.92. The molecule has 2 fully saturated rings. The predicted octanol–water partition coefficient (Wildman–Crippen LogP) is 2.34. The topological polar surface area (TPSA) is 29.5 Å². The van der Waals surface area contributed by atoms with Gasteiger partial charge in [0.15, 0.2) is 0 Å². The Balaban J connectivity index is 1.82. The second-order valence-electron chi connectivity index (χ2n) is 5.53. The van der Waals surface area contributed by atoms with E-state index in [0.29, 0.717) is 17.8 Å². The first kappa shape index (κ1) is 11.1. The summed E-state index contributed by atoms with van der Waals surface area (Å²) in [5.41, 5.74) is -0.393. The fourth-order valence-corrected chi connectivity index (χ4v) is 2.81. The zero-order valence-corrected chi connectivity index (χ0v) is 10.3. The Hall–Kier alpha value is -0.440. The molecular formula is C11H18ClNO2. The molecule has 2 rings (SSSR count). The Bertz CT molecular complexity index is 262. The Labute approximate surface area is 95.7 Å². The van der Waals surface area contributed by atoms with Gasteiger partial charge in [-0.3, -0.25) is 0 Å². The first-order valence-electron chi connectivity index (χ1n) is 5.46. The van der Waals surface area contributed by atoms with E-state index in [1.165, 1.54) is 0 Å². The van der Waals surface area contributed by atoms with Crippen molar-refractivity contribution in [1.29, 1.82) is 0 Å². The number of fused-ring (bicyclic) bond motifs is 1. The van der Waals surface area contributed by atoms with Crippen LogP contribution in [0.5, 0.6) is 0 Å². The summed E-state index contributed by atoms with van der Waals surface area (Å²) in [6.07, 6.45) is -0.178. The smallest absolute Gasteiger partial charge is 0.410 e. The van der Waals surface area contributed by atoms with E-state index in [1.54, 1.807) is 0 Å². The van der Waals surface area contributed by atoms with Crippen LogP contribution in [0.2, 0.25) is 0 Å². The van der Waals surface area contributed by atoms with Gasteiger partial charge in [0.05, 0.1) is 0 Å². The van der Waals surface area contributed by atoms with Crippen molar-refractivity contribution in [3.05, 3.63) is 0 Å². The molecule has 1 heterocycles. The van der Waals surface area contributed by atoms with Crippen molar-refractivity contribution in [3.8, 4) is 0 Å². The molecule has 1 unspecified atom stereocenters. The summed E-state index contributed by atoms with van der Waals surface area (Å²) in [7, 11) is 0. The largest absolute Gasteiger partial charge is 0.444 e. The minimum absolute atomic E-state index is 0.178. The molecule has 0 N–H and O–H groups in total. The van der Waals surface area contributed by atoms with Crippen molar-refractivity contribution >= 4 is 17.7 Å². The van der Waals surface area contributed by atoms with Crippen LogP contribution in [0.3, 0.4) is 0 Å². The quantitative estimate of drug-likeness (QED) is 0.649. The van der Waals surface area contributed by atoms with Gasteiger partial charge in [-0.2, -0.15) is 0 Å². The van der Waals surface area contributed by atoms with Gasteiger partial charge in [-0.25, -0.2) is 4.79 Å². The molecule has 1 aliphatic heterocycles. The Kier molecular flexibility index (Phi) is 2.61. The second kappa shape index (κ2) is 3.55. The number of nitrogens with zero attached hydrogens (tertiary/aromatic N) is 1. The van der Waals surface area contributed by atoms with E-state index in [0.717, 1.165) is 19.0 Å². The van der Waals surface area contributed by atoms with Crippen LogP contribution in [0.25, 0.3) is 0 Å². The molecule has 1 saturated carbocycles. The third-order valence-corrected chi connectivity index (χ3v) is 3.56. The summed E-state index contributed by atoms with van der Waals surface area (Å²) in [5.74, 6) is 2.65. The van der Waals surface area contributed by atoms with Crippen molar-refractivity contribution in [1.82, 2.24) is 4.90 Å². The minimum Gasteiger partial charge on any atom is -0.444 e. The number of carbonyl (C=O) groups excluding carboxylic acids is 1. The highest BCUT2D eigenvalue weighted by Gasteiger charge is 2.56. The molecule has 0 bridgehead atoms. The summed E-state index contributed by atoms with van der Waals surface area (Å²) in [6, 6.07) is 0. The standard InChI is InChI=1S/C11H18ClNO2/c1-11(2,3)15-10(14)13-5-8-7(4-12)9(8)6-13/h7-9H,4-6H2,1-3H3/t7?,8-,9+. The van der Waals surface area contributed by atoms with Crippen molar-refractivity contribution in [2.75, 3.05) is 19.0 Å². The van der Waals surface area contributed by atoms with Gasteiger partial charge in [0.25, 0.3) is 0 Å². The number of alkyl halides is 1. The molecule has 3 nitrogen and oxygen atoms in total. The number of ether oxygens (including phenoxy) is 1. The van der Waals surface area contributed by atoms with Gasteiger partial charge in [0.1, 0.15) is 5.60 Å². The molecule has 15 heavy (non-hydrogen) atoms. The van der Waals surface area contributed by atoms with Crippen LogP contribution in [0, 0.1) is 17.8 Å². The van der Waals surface area contributed by atoms with Gasteiger partial charge < -0.3 is 9.64 Å². The number of hydrogen-bond donors (Lipinski definition) is 0. The van der Waals surface area contributed by atoms with Crippen molar-refractivity contribution in [3.63, 3.8) is 0 Å². The molecular weight excluding hydrogens is 214 g/mol. The van der Waals surface area contributed by atoms with E-state index in [9.17, 15) is 4.79 Å². The lowest BCUT2D eigenvalue weighted by Crippen LogP contribution is -2.37. The van der Waals surface area contributed by atoms with Gasteiger partial charge in [-0.1, -0.05) is 0 Å². The summed E-state index contributed by atoms with van der Waals surface area (Å²) in [6.45, 7) is 7.34. The first-order valence-corrected chi connectivity index (χ1v) is 5.99. The Morgan fingerprint density at radius 2 is 1.93 bits per heavy atom. The van der Waals surface area contributed by atoms with E-state index in [-0.39, 0.29) is 6.09 Å². The highest BCUT2D eigenvalue weighted by molar-refractivity contribution is 6.18. The van der Waals surface area contributed by atoms with Crippen LogP contribution in [0.4, 0.5) is 4.79 Å². The zero-order chi connectivity index (χ0) is 11.2. The van der Waals surface area contributed by atoms with E-state index < -0.39 is 5.60 Å². The third-order valence-electron chi connectivity index (χ3n) is 3.20. The van der Waals surface area contributed by atoms with Gasteiger partial charge >= 0.3 is 6.09 Å². The number of carbonyl (C=O) groups is 1. The molecule has 4 heteroatoms. The number of piperidine rings is 1. The number of likely N-dealkylation sites (tertiary alicyclic amines) is 1. The van der Waals surface area contributed by atoms with Crippen molar-refractivity contribution < 1.29 is 9.53 Å². The molecule has 0 radical (unpaired) electrons. The fourth-order valence-electron chi connectivity index (χ4n) is 2.35. The molecule has 0 aromatic carbocycles. The third kappa shape index (κ3) is 2.22. The number of amides is 1. The summed E-state index contributed by atoms with van der Waals surface area (Å²) in [4.78, 5) is 13.5. The average molecular weight is 232 g/mol. The normalized spacial score (nSPS) is 33.9. The van der Waals surface area contributed by atoms with Gasteiger partial charge in [-0.15, -0.1) is 11.6 Å². The lowest BCUT2D eigenvalue weighted by atomic mass is 10.2. The fraction of sp³-hybridized carbons (Fsp3) is 0.909. The molecule has 1 saturated heterocycles. The van der Waals surface area contributed by atoms with E-state index in [4.69, 9.17) is 16.3 Å². The maximum absolute atomic E-state index is 11.7. The molecule has 86 valence electrons. The van der Waals surface area contributed by atoms with E-state index >= 15 is 0 Å². The zero-order valence-electron chi connectivity index (χ0n) is 9.50. The van der Waals surface area contributed by atoms with Crippen molar-refractivity contribution in [2.24, 2.45) is 17.8 Å². The SMILES string of the molecule is CC(C)(C)OC(=O)N1C[C@@H]2C(CCl)[C@@H]2C1. The highest BCUT2D eigenvalue weighted by Crippen LogP contribution is 2.52. The minimum atomic E-state index is -0.393. The van der Waals surface area contributed by atoms with E-state index in [1.807, 2.05) is 25.7 Å². The van der Waals surface area contributed by atoms with Gasteiger partial charge in [0.2, 0.25) is 0 Å². The lowest BCUT2D eigenvalue weighted by Gasteiger charge is -2.25. The maximum Gasteiger partial charge on any atom is 0.410 e. The van der Waals surface area contributed by atoms with Crippen LogP contribution >= 0.6 is 11.6 Å². The van der Waals surface area contributed by atoms with Crippen LogP contribution < -0.4 is 0 Å². The number of hydrogen-bond acceptors (Lipinski definition) is 2. The van der Waals surface area contributed by atoms with Crippen LogP contribution in [0.15, 0.2) is 0 Å². The molecule has 0 spiro atoms. The predicted molar refractivity (Wildman–Crippen MR) is 59.0 cm³/mol. The number of halogens is 1. The highest BCUT2D eigenvalue weighted by atomic mass is 35.5. The maximum atomic E-state index is 11.7. The molecule has 0 aromatic rings. The molecule has 0 aromatic heterocycles. The Morgan fingerprint density at radius 1 is 1.40 bits per heavy atom. The molecule has 1 aliphatic carbocycles. The van der Waals surface area contributed by atoms with Crippen molar-refractivity contribution in [2.45, 2.75) is 26.4 Å². The second-order valence-corrected chi connectivity index (χ2v) is 5.84. The number of rotatable bonds is 1. The molecule has 3 atom stereocenters. The molecule has 2 aliphatic rings. The van der Waals surface area contributed by atoms with Crippen LogP contribution in [-0.2, 0) is 4.74 Å². The Morgan fingerprint density at radius 3 is 2.33 bits per heavy atom. The summed E-state index contributed by atoms with van der Waals surface area (Å²) in [5, 5.41) is 0. The van der Waals surface area contributed by atoms with Crippen LogP contribution in [-0.4, -0.2) is 35.6 Å².